The van der Waals surface area contributed by atoms with Gasteiger partial charge in [0.2, 0.25) is 0 Å². The molecule has 5 heteroatoms. The van der Waals surface area contributed by atoms with Gasteiger partial charge in [0.15, 0.2) is 5.75 Å². The number of fused-ring (bicyclic) bond motifs is 1. The fourth-order valence-electron chi connectivity index (χ4n) is 2.20. The van der Waals surface area contributed by atoms with Crippen LogP contribution in [0.25, 0.3) is 0 Å². The number of hydrogen-bond acceptors (Lipinski definition) is 4. The summed E-state index contributed by atoms with van der Waals surface area (Å²) in [6, 6.07) is 7.67. The SMILES string of the molecule is O=C(NCCc1ccsc1)c1cccc2c1OCCN2. The second-order valence-corrected chi connectivity index (χ2v) is 5.38. The zero-order valence-corrected chi connectivity index (χ0v) is 11.8. The van der Waals surface area contributed by atoms with Crippen LogP contribution < -0.4 is 15.4 Å². The molecule has 0 saturated carbocycles. The van der Waals surface area contributed by atoms with Gasteiger partial charge in [0, 0.05) is 13.1 Å². The molecule has 0 spiro atoms. The summed E-state index contributed by atoms with van der Waals surface area (Å²) in [6.45, 7) is 2.00. The summed E-state index contributed by atoms with van der Waals surface area (Å²) in [6.07, 6.45) is 0.851. The van der Waals surface area contributed by atoms with Crippen LogP contribution in [0.1, 0.15) is 15.9 Å². The van der Waals surface area contributed by atoms with Crippen molar-refractivity contribution in [2.45, 2.75) is 6.42 Å². The molecule has 2 heterocycles. The normalized spacial score (nSPS) is 13.0. The second-order valence-electron chi connectivity index (χ2n) is 4.59. The Morgan fingerprint density at radius 3 is 3.20 bits per heavy atom. The Bertz CT molecular complexity index is 596. The lowest BCUT2D eigenvalue weighted by Crippen LogP contribution is -2.28. The summed E-state index contributed by atoms with van der Waals surface area (Å²) in [5.41, 5.74) is 2.74. The average molecular weight is 288 g/mol. The largest absolute Gasteiger partial charge is 0.489 e. The van der Waals surface area contributed by atoms with Gasteiger partial charge in [-0.05, 0) is 40.9 Å². The number of hydrogen-bond donors (Lipinski definition) is 2. The number of anilines is 1. The molecule has 2 aromatic rings. The minimum Gasteiger partial charge on any atom is -0.489 e. The van der Waals surface area contributed by atoms with Crippen molar-refractivity contribution in [1.82, 2.24) is 5.32 Å². The molecule has 2 N–H and O–H groups in total. The maximum absolute atomic E-state index is 12.2. The summed E-state index contributed by atoms with van der Waals surface area (Å²) in [5.74, 6) is 0.576. The number of thiophene rings is 1. The molecular formula is C15H16N2O2S. The third kappa shape index (κ3) is 2.77. The quantitative estimate of drug-likeness (QED) is 0.909. The summed E-state index contributed by atoms with van der Waals surface area (Å²) in [5, 5.41) is 10.3. The van der Waals surface area contributed by atoms with Crippen molar-refractivity contribution in [1.29, 1.82) is 0 Å². The van der Waals surface area contributed by atoms with Gasteiger partial charge in [-0.15, -0.1) is 0 Å². The van der Waals surface area contributed by atoms with Gasteiger partial charge >= 0.3 is 0 Å². The van der Waals surface area contributed by atoms with E-state index in [-0.39, 0.29) is 5.91 Å². The molecule has 1 aliphatic rings. The van der Waals surface area contributed by atoms with E-state index < -0.39 is 0 Å². The van der Waals surface area contributed by atoms with E-state index >= 15 is 0 Å². The van der Waals surface area contributed by atoms with Crippen molar-refractivity contribution in [3.05, 3.63) is 46.2 Å². The van der Waals surface area contributed by atoms with Crippen LogP contribution in [0.5, 0.6) is 5.75 Å². The third-order valence-electron chi connectivity index (χ3n) is 3.20. The van der Waals surface area contributed by atoms with Crippen molar-refractivity contribution in [3.8, 4) is 5.75 Å². The van der Waals surface area contributed by atoms with E-state index in [2.05, 4.69) is 22.1 Å². The first-order chi connectivity index (χ1) is 9.84. The van der Waals surface area contributed by atoms with E-state index in [0.717, 1.165) is 18.7 Å². The lowest BCUT2D eigenvalue weighted by Gasteiger charge is -2.21. The third-order valence-corrected chi connectivity index (χ3v) is 3.93. The molecule has 0 bridgehead atoms. The summed E-state index contributed by atoms with van der Waals surface area (Å²) < 4.78 is 5.61. The van der Waals surface area contributed by atoms with E-state index in [1.165, 1.54) is 5.56 Å². The van der Waals surface area contributed by atoms with Crippen molar-refractivity contribution >= 4 is 22.9 Å². The highest BCUT2D eigenvalue weighted by molar-refractivity contribution is 7.07. The molecule has 0 aliphatic carbocycles. The Morgan fingerprint density at radius 2 is 2.35 bits per heavy atom. The molecule has 1 amide bonds. The van der Waals surface area contributed by atoms with Gasteiger partial charge in [0.1, 0.15) is 6.61 Å². The van der Waals surface area contributed by atoms with Crippen LogP contribution in [0, 0.1) is 0 Å². The van der Waals surface area contributed by atoms with Crippen LogP contribution in [0.2, 0.25) is 0 Å². The van der Waals surface area contributed by atoms with Gasteiger partial charge in [0.25, 0.3) is 5.91 Å². The van der Waals surface area contributed by atoms with E-state index in [0.29, 0.717) is 24.5 Å². The fraction of sp³-hybridized carbons (Fsp3) is 0.267. The van der Waals surface area contributed by atoms with Crippen LogP contribution >= 0.6 is 11.3 Å². The lowest BCUT2D eigenvalue weighted by atomic mass is 10.1. The molecule has 3 rings (SSSR count). The number of rotatable bonds is 4. The van der Waals surface area contributed by atoms with Gasteiger partial charge < -0.3 is 15.4 Å². The standard InChI is InChI=1S/C15H16N2O2S/c18-15(17-6-4-11-5-9-20-10-11)12-2-1-3-13-14(12)19-8-7-16-13/h1-3,5,9-10,16H,4,6-8H2,(H,17,18). The average Bonchev–Trinajstić information content (AvgIpc) is 3.00. The predicted octanol–water partition coefficient (Wildman–Crippen LogP) is 2.52. The molecule has 0 fully saturated rings. The Balaban J connectivity index is 1.65. The molecular weight excluding hydrogens is 272 g/mol. The maximum atomic E-state index is 12.2. The Labute approximate surface area is 121 Å². The van der Waals surface area contributed by atoms with Crippen LogP contribution in [-0.4, -0.2) is 25.6 Å². The van der Waals surface area contributed by atoms with Crippen LogP contribution in [0.4, 0.5) is 5.69 Å². The van der Waals surface area contributed by atoms with Gasteiger partial charge in [-0.3, -0.25) is 4.79 Å². The lowest BCUT2D eigenvalue weighted by molar-refractivity contribution is 0.0950. The first-order valence-electron chi connectivity index (χ1n) is 6.63. The molecule has 0 unspecified atom stereocenters. The molecule has 0 radical (unpaired) electrons. The highest BCUT2D eigenvalue weighted by Gasteiger charge is 2.18. The van der Waals surface area contributed by atoms with Gasteiger partial charge in [-0.2, -0.15) is 11.3 Å². The number of carbonyl (C=O) groups is 1. The van der Waals surface area contributed by atoms with Crippen LogP contribution in [-0.2, 0) is 6.42 Å². The molecule has 20 heavy (non-hydrogen) atoms. The topological polar surface area (TPSA) is 50.4 Å². The molecule has 0 saturated heterocycles. The molecule has 1 aromatic heterocycles. The summed E-state index contributed by atoms with van der Waals surface area (Å²) in [4.78, 5) is 12.2. The van der Waals surface area contributed by atoms with Crippen molar-refractivity contribution in [2.24, 2.45) is 0 Å². The number of carbonyl (C=O) groups excluding carboxylic acids is 1. The van der Waals surface area contributed by atoms with E-state index in [1.807, 2.05) is 17.5 Å². The minimum atomic E-state index is -0.0826. The molecule has 104 valence electrons. The fourth-order valence-corrected chi connectivity index (χ4v) is 2.90. The monoisotopic (exact) mass is 288 g/mol. The van der Waals surface area contributed by atoms with E-state index in [1.54, 1.807) is 17.4 Å². The smallest absolute Gasteiger partial charge is 0.255 e. The van der Waals surface area contributed by atoms with Gasteiger partial charge in [-0.1, -0.05) is 6.07 Å². The first kappa shape index (κ1) is 13.0. The summed E-state index contributed by atoms with van der Waals surface area (Å²) in [7, 11) is 0. The molecule has 1 aliphatic heterocycles. The minimum absolute atomic E-state index is 0.0826. The van der Waals surface area contributed by atoms with Crippen LogP contribution in [0.3, 0.4) is 0 Å². The Kier molecular flexibility index (Phi) is 3.87. The Hall–Kier alpha value is -2.01. The maximum Gasteiger partial charge on any atom is 0.255 e. The molecule has 4 nitrogen and oxygen atoms in total. The number of benzene rings is 1. The van der Waals surface area contributed by atoms with Crippen molar-refractivity contribution in [3.63, 3.8) is 0 Å². The van der Waals surface area contributed by atoms with Crippen molar-refractivity contribution in [2.75, 3.05) is 25.0 Å². The summed E-state index contributed by atoms with van der Waals surface area (Å²) >= 11 is 1.67. The van der Waals surface area contributed by atoms with Crippen LogP contribution in [0.15, 0.2) is 35.0 Å². The van der Waals surface area contributed by atoms with E-state index in [4.69, 9.17) is 4.74 Å². The number of amides is 1. The zero-order valence-electron chi connectivity index (χ0n) is 11.0. The number of para-hydroxylation sites is 1. The van der Waals surface area contributed by atoms with E-state index in [9.17, 15) is 4.79 Å². The zero-order chi connectivity index (χ0) is 13.8. The van der Waals surface area contributed by atoms with Crippen molar-refractivity contribution < 1.29 is 9.53 Å². The Morgan fingerprint density at radius 1 is 1.40 bits per heavy atom. The first-order valence-corrected chi connectivity index (χ1v) is 7.58. The predicted molar refractivity (Wildman–Crippen MR) is 80.8 cm³/mol. The second kappa shape index (κ2) is 5.96. The highest BCUT2D eigenvalue weighted by atomic mass is 32.1. The molecule has 0 atom stereocenters. The highest BCUT2D eigenvalue weighted by Crippen LogP contribution is 2.30. The molecule has 1 aromatic carbocycles. The van der Waals surface area contributed by atoms with Gasteiger partial charge in [-0.25, -0.2) is 0 Å². The number of ether oxygens (including phenoxy) is 1. The van der Waals surface area contributed by atoms with Gasteiger partial charge in [0.05, 0.1) is 11.3 Å². The number of nitrogens with one attached hydrogen (secondary N) is 2.